The molecule has 2 fully saturated rings. The zero-order valence-corrected chi connectivity index (χ0v) is 23.4. The lowest BCUT2D eigenvalue weighted by atomic mass is 9.49. The second kappa shape index (κ2) is 8.95. The third-order valence-corrected chi connectivity index (χ3v) is 10.7. The zero-order valence-electron chi connectivity index (χ0n) is 23.4. The molecule has 10 heteroatoms. The number of nitrogens with one attached hydrogen (secondary N) is 2. The van der Waals surface area contributed by atoms with Gasteiger partial charge in [0.05, 0.1) is 27.8 Å². The van der Waals surface area contributed by atoms with E-state index in [1.165, 1.54) is 12.8 Å². The average molecular weight is 573 g/mol. The normalized spacial score (nSPS) is 29.5. The van der Waals surface area contributed by atoms with Gasteiger partial charge < -0.3 is 36.1 Å². The Bertz CT molecular complexity index is 1650. The number of piperidine rings is 1. The van der Waals surface area contributed by atoms with Gasteiger partial charge in [-0.1, -0.05) is 18.2 Å². The highest BCUT2D eigenvalue weighted by Crippen LogP contribution is 2.69. The van der Waals surface area contributed by atoms with Gasteiger partial charge in [-0.15, -0.1) is 0 Å². The monoisotopic (exact) mass is 572 g/mol. The number of aliphatic carboxylic acids is 1. The third kappa shape index (κ3) is 3.37. The minimum Gasteiger partial charge on any atom is -0.504 e. The van der Waals surface area contributed by atoms with Crippen LogP contribution in [0.2, 0.25) is 0 Å². The lowest BCUT2D eigenvalue weighted by molar-refractivity contribution is -0.173. The van der Waals surface area contributed by atoms with Gasteiger partial charge in [-0.25, -0.2) is 4.79 Å². The molecule has 0 radical (unpaired) electrons. The quantitative estimate of drug-likeness (QED) is 0.240. The molecule has 1 aromatic heterocycles. The predicted molar refractivity (Wildman–Crippen MR) is 154 cm³/mol. The molecular weight excluding hydrogens is 536 g/mol. The van der Waals surface area contributed by atoms with Crippen molar-refractivity contribution in [1.29, 1.82) is 0 Å². The molecular formula is C32H36N4O6. The van der Waals surface area contributed by atoms with Gasteiger partial charge in [-0.3, -0.25) is 9.69 Å². The molecule has 10 nitrogen and oxygen atoms in total. The molecule has 7 N–H and O–H groups in total. The Balaban J connectivity index is 1.26. The van der Waals surface area contributed by atoms with Crippen LogP contribution in [0.3, 0.4) is 0 Å². The molecule has 5 atom stereocenters. The molecule has 2 bridgehead atoms. The van der Waals surface area contributed by atoms with Gasteiger partial charge in [0.2, 0.25) is 0 Å². The number of nitrogens with two attached hydrogens (primary N) is 1. The first-order valence-corrected chi connectivity index (χ1v) is 15.1. The first-order valence-electron chi connectivity index (χ1n) is 15.1. The number of aromatic hydroxyl groups is 1. The summed E-state index contributed by atoms with van der Waals surface area (Å²) >= 11 is 0. The van der Waals surface area contributed by atoms with Gasteiger partial charge in [0.1, 0.15) is 6.04 Å². The Kier molecular flexibility index (Phi) is 5.55. The number of para-hydroxylation sites is 1. The van der Waals surface area contributed by atoms with Crippen LogP contribution in [0.1, 0.15) is 71.0 Å². The minimum atomic E-state index is -1.13. The summed E-state index contributed by atoms with van der Waals surface area (Å²) in [5.41, 5.74) is 8.43. The average Bonchev–Trinajstić information content (AvgIpc) is 3.60. The number of hydrogen-bond acceptors (Lipinski definition) is 7. The van der Waals surface area contributed by atoms with Gasteiger partial charge in [0.15, 0.2) is 17.6 Å². The van der Waals surface area contributed by atoms with Gasteiger partial charge in [0.25, 0.3) is 5.91 Å². The number of ether oxygens (including phenoxy) is 1. The predicted octanol–water partition coefficient (Wildman–Crippen LogP) is 2.49. The van der Waals surface area contributed by atoms with E-state index in [-0.39, 0.29) is 18.2 Å². The van der Waals surface area contributed by atoms with Crippen LogP contribution in [0.15, 0.2) is 30.3 Å². The van der Waals surface area contributed by atoms with Crippen LogP contribution < -0.4 is 15.8 Å². The molecule has 3 aliphatic carbocycles. The maximum absolute atomic E-state index is 13.5. The Morgan fingerprint density at radius 2 is 2.07 bits per heavy atom. The highest BCUT2D eigenvalue weighted by molar-refractivity contribution is 6.08. The van der Waals surface area contributed by atoms with Crippen LogP contribution in [-0.4, -0.2) is 74.4 Å². The highest BCUT2D eigenvalue weighted by Gasteiger charge is 2.72. The van der Waals surface area contributed by atoms with Crippen molar-refractivity contribution in [1.82, 2.24) is 15.2 Å². The van der Waals surface area contributed by atoms with Gasteiger partial charge in [-0.05, 0) is 80.8 Å². The number of phenolic OH excluding ortho intramolecular Hbond substituents is 1. The zero-order chi connectivity index (χ0) is 29.0. The number of rotatable bonds is 8. The molecule has 3 aromatic rings. The molecule has 1 amide bonds. The molecule has 42 heavy (non-hydrogen) atoms. The summed E-state index contributed by atoms with van der Waals surface area (Å²) in [5, 5.41) is 37.1. The lowest BCUT2D eigenvalue weighted by Gasteiger charge is -2.62. The van der Waals surface area contributed by atoms with Crippen molar-refractivity contribution in [2.24, 2.45) is 11.7 Å². The number of carboxylic acids is 1. The number of carboxylic acid groups (broad SMARTS) is 1. The molecule has 1 unspecified atom stereocenters. The number of carbonyl (C=O) groups excluding carboxylic acids is 1. The van der Waals surface area contributed by atoms with Crippen molar-refractivity contribution in [3.8, 4) is 11.5 Å². The van der Waals surface area contributed by atoms with E-state index in [1.54, 1.807) is 18.2 Å². The second-order valence-corrected chi connectivity index (χ2v) is 13.0. The largest absolute Gasteiger partial charge is 0.504 e. The molecule has 1 spiro atoms. The maximum Gasteiger partial charge on any atom is 0.326 e. The maximum atomic E-state index is 13.5. The summed E-state index contributed by atoms with van der Waals surface area (Å²) in [6, 6.07) is 7.97. The first kappa shape index (κ1) is 26.1. The van der Waals surface area contributed by atoms with E-state index in [0.29, 0.717) is 55.0 Å². The lowest BCUT2D eigenvalue weighted by Crippen LogP contribution is -2.74. The molecule has 1 saturated heterocycles. The standard InChI is InChI=1S/C32H36N4O6/c33-11-2-5-21(30(39)40)34-29(38)19-4-1-3-18-20-14-32(41)23-13-17-8-9-22(37)27-24(17)31(32,10-12-36(23)15-16-6-7-16)28(42-27)26(20)35-25(18)19/h1,3-4,8-9,16,21,23,28,35,37,41H,2,5-7,10-15,33H2,(H,34,38)(H,39,40)/t21?,23-,28-,31+,32-/m1/s1. The van der Waals surface area contributed by atoms with Crippen LogP contribution >= 0.6 is 0 Å². The second-order valence-electron chi connectivity index (χ2n) is 13.0. The van der Waals surface area contributed by atoms with Crippen LogP contribution in [0.5, 0.6) is 11.5 Å². The van der Waals surface area contributed by atoms with E-state index in [9.17, 15) is 24.9 Å². The van der Waals surface area contributed by atoms with Crippen molar-refractivity contribution in [2.45, 2.75) is 74.1 Å². The van der Waals surface area contributed by atoms with Crippen LogP contribution in [-0.2, 0) is 23.1 Å². The van der Waals surface area contributed by atoms with Crippen molar-refractivity contribution in [3.63, 3.8) is 0 Å². The number of aromatic nitrogens is 1. The van der Waals surface area contributed by atoms with Crippen molar-refractivity contribution >= 4 is 22.8 Å². The number of aromatic amines is 1. The molecule has 3 heterocycles. The van der Waals surface area contributed by atoms with E-state index in [2.05, 4.69) is 15.2 Å². The summed E-state index contributed by atoms with van der Waals surface area (Å²) in [4.78, 5) is 31.3. The van der Waals surface area contributed by atoms with E-state index < -0.39 is 35.0 Å². The minimum absolute atomic E-state index is 0.0775. The van der Waals surface area contributed by atoms with E-state index in [4.69, 9.17) is 10.5 Å². The molecule has 2 aliphatic heterocycles. The SMILES string of the molecule is NCCCC(NC(=O)c1cccc2c3c([nH]c12)[C@H]1Oc2c(O)ccc4c2[C@@]12CCN(CC1CC1)[C@H](C4)[C@]2(O)C3)C(=O)O. The number of H-pyrrole nitrogens is 1. The number of fused-ring (bicyclic) bond motifs is 4. The fraction of sp³-hybridized carbons (Fsp3) is 0.500. The summed E-state index contributed by atoms with van der Waals surface area (Å²) in [6.07, 6.45) is 4.41. The summed E-state index contributed by atoms with van der Waals surface area (Å²) in [7, 11) is 0. The molecule has 5 aliphatic rings. The van der Waals surface area contributed by atoms with Crippen LogP contribution in [0.4, 0.5) is 0 Å². The number of phenols is 1. The molecule has 1 saturated carbocycles. The number of carbonyl (C=O) groups is 2. The van der Waals surface area contributed by atoms with E-state index in [1.807, 2.05) is 12.1 Å². The first-order chi connectivity index (χ1) is 20.3. The number of hydrogen-bond donors (Lipinski definition) is 6. The van der Waals surface area contributed by atoms with Crippen LogP contribution in [0.25, 0.3) is 10.9 Å². The van der Waals surface area contributed by atoms with Crippen molar-refractivity contribution < 1.29 is 29.6 Å². The number of amides is 1. The highest BCUT2D eigenvalue weighted by atomic mass is 16.5. The molecule has 8 rings (SSSR count). The Hall–Kier alpha value is -3.60. The summed E-state index contributed by atoms with van der Waals surface area (Å²) in [5.74, 6) is -0.367. The number of aliphatic hydroxyl groups is 1. The number of nitrogens with zero attached hydrogens (tertiary/aromatic N) is 1. The summed E-state index contributed by atoms with van der Waals surface area (Å²) < 4.78 is 6.65. The Morgan fingerprint density at radius 3 is 2.83 bits per heavy atom. The summed E-state index contributed by atoms with van der Waals surface area (Å²) in [6.45, 7) is 2.17. The number of benzene rings is 2. The smallest absolute Gasteiger partial charge is 0.326 e. The van der Waals surface area contributed by atoms with Gasteiger partial charge in [-0.2, -0.15) is 0 Å². The Morgan fingerprint density at radius 1 is 1.24 bits per heavy atom. The van der Waals surface area contributed by atoms with Gasteiger partial charge in [0, 0.05) is 30.0 Å². The Labute approximate surface area is 242 Å². The van der Waals surface area contributed by atoms with E-state index >= 15 is 0 Å². The van der Waals surface area contributed by atoms with E-state index in [0.717, 1.165) is 40.9 Å². The fourth-order valence-corrected chi connectivity index (χ4v) is 8.65. The fourth-order valence-electron chi connectivity index (χ4n) is 8.65. The molecule has 2 aromatic carbocycles. The molecule has 220 valence electrons. The number of likely N-dealkylation sites (tertiary alicyclic amines) is 1. The van der Waals surface area contributed by atoms with Crippen molar-refractivity contribution in [2.75, 3.05) is 19.6 Å². The third-order valence-electron chi connectivity index (χ3n) is 10.7. The topological polar surface area (TPSA) is 161 Å². The van der Waals surface area contributed by atoms with Gasteiger partial charge >= 0.3 is 5.97 Å². The van der Waals surface area contributed by atoms with Crippen LogP contribution in [0, 0.1) is 5.92 Å². The van der Waals surface area contributed by atoms with Crippen molar-refractivity contribution in [3.05, 3.63) is 58.3 Å².